The smallest absolute Gasteiger partial charge is 0.193 e. The highest BCUT2D eigenvalue weighted by atomic mass is 127. The van der Waals surface area contributed by atoms with Gasteiger partial charge in [-0.3, -0.25) is 0 Å². The number of hydrogen-bond donors (Lipinski definition) is 3. The predicted molar refractivity (Wildman–Crippen MR) is 99.6 cm³/mol. The van der Waals surface area contributed by atoms with Crippen LogP contribution < -0.4 is 11.1 Å². The lowest BCUT2D eigenvalue weighted by molar-refractivity contribution is 0.185. The lowest BCUT2D eigenvalue weighted by atomic mass is 10.2. The Morgan fingerprint density at radius 1 is 1.18 bits per heavy atom. The van der Waals surface area contributed by atoms with Gasteiger partial charge in [0.25, 0.3) is 0 Å². The van der Waals surface area contributed by atoms with Crippen LogP contribution in [0.5, 0.6) is 5.75 Å². The second kappa shape index (κ2) is 9.26. The van der Waals surface area contributed by atoms with Crippen LogP contribution in [0.3, 0.4) is 0 Å². The van der Waals surface area contributed by atoms with E-state index in [4.69, 9.17) is 10.5 Å². The van der Waals surface area contributed by atoms with Crippen molar-refractivity contribution in [2.24, 2.45) is 10.7 Å². The molecular weight excluding hydrogens is 393 g/mol. The highest BCUT2D eigenvalue weighted by molar-refractivity contribution is 14.0. The number of anilines is 1. The number of aliphatic imine (C=N–C) groups is 1. The van der Waals surface area contributed by atoms with Crippen molar-refractivity contribution in [3.05, 3.63) is 59.7 Å². The van der Waals surface area contributed by atoms with Gasteiger partial charge in [-0.15, -0.1) is 24.0 Å². The van der Waals surface area contributed by atoms with Crippen molar-refractivity contribution in [2.45, 2.75) is 13.2 Å². The summed E-state index contributed by atoms with van der Waals surface area (Å²) >= 11 is 0. The average molecular weight is 413 g/mol. The third-order valence-electron chi connectivity index (χ3n) is 2.95. The van der Waals surface area contributed by atoms with Gasteiger partial charge in [0.15, 0.2) is 5.96 Å². The van der Waals surface area contributed by atoms with E-state index in [1.807, 2.05) is 36.4 Å². The summed E-state index contributed by atoms with van der Waals surface area (Å²) < 4.78 is 5.15. The highest BCUT2D eigenvalue weighted by Crippen LogP contribution is 2.15. The van der Waals surface area contributed by atoms with Crippen LogP contribution in [0.15, 0.2) is 53.5 Å². The van der Waals surface area contributed by atoms with Gasteiger partial charge in [0.1, 0.15) is 5.75 Å². The Hall–Kier alpha value is -1.80. The van der Waals surface area contributed by atoms with E-state index in [1.54, 1.807) is 19.2 Å². The maximum atomic E-state index is 9.23. The van der Waals surface area contributed by atoms with E-state index in [2.05, 4.69) is 10.3 Å². The van der Waals surface area contributed by atoms with Crippen LogP contribution >= 0.6 is 24.0 Å². The quantitative estimate of drug-likeness (QED) is 0.400. The fourth-order valence-electron chi connectivity index (χ4n) is 1.88. The molecule has 0 aliphatic carbocycles. The molecule has 0 radical (unpaired) electrons. The zero-order chi connectivity index (χ0) is 15.1. The van der Waals surface area contributed by atoms with Crippen molar-refractivity contribution in [3.63, 3.8) is 0 Å². The van der Waals surface area contributed by atoms with Crippen LogP contribution in [-0.2, 0) is 17.9 Å². The topological polar surface area (TPSA) is 79.9 Å². The van der Waals surface area contributed by atoms with Gasteiger partial charge in [0.05, 0.1) is 13.2 Å². The Kier molecular flexibility index (Phi) is 7.69. The van der Waals surface area contributed by atoms with E-state index in [9.17, 15) is 5.11 Å². The highest BCUT2D eigenvalue weighted by Gasteiger charge is 2.02. The molecule has 4 N–H and O–H groups in total. The van der Waals surface area contributed by atoms with E-state index in [0.717, 1.165) is 16.8 Å². The number of phenols is 1. The number of guanidine groups is 1. The molecule has 0 aliphatic rings. The van der Waals surface area contributed by atoms with Gasteiger partial charge in [0, 0.05) is 18.4 Å². The summed E-state index contributed by atoms with van der Waals surface area (Å²) in [6, 6.07) is 14.6. The first-order valence-electron chi connectivity index (χ1n) is 6.60. The minimum atomic E-state index is 0. The Labute approximate surface area is 147 Å². The normalized spacial score (nSPS) is 10.9. The predicted octanol–water partition coefficient (Wildman–Crippen LogP) is 3.08. The summed E-state index contributed by atoms with van der Waals surface area (Å²) in [7, 11) is 1.65. The molecule has 118 valence electrons. The third kappa shape index (κ3) is 5.53. The van der Waals surface area contributed by atoms with Gasteiger partial charge in [-0.05, 0) is 23.8 Å². The van der Waals surface area contributed by atoms with Gasteiger partial charge in [-0.1, -0.05) is 30.3 Å². The summed E-state index contributed by atoms with van der Waals surface area (Å²) in [5, 5.41) is 12.3. The standard InChI is InChI=1S/C16H19N3O2.HI/c1-21-11-13-4-2-3-5-15(13)19-16(17)18-10-12-6-8-14(20)9-7-12;/h2-9,20H,10-11H2,1H3,(H3,17,18,19);1H. The number of nitrogens with zero attached hydrogens (tertiary/aromatic N) is 1. The molecule has 0 unspecified atom stereocenters. The lowest BCUT2D eigenvalue weighted by Crippen LogP contribution is -2.23. The molecule has 22 heavy (non-hydrogen) atoms. The van der Waals surface area contributed by atoms with Crippen molar-refractivity contribution in [1.82, 2.24) is 0 Å². The van der Waals surface area contributed by atoms with Crippen molar-refractivity contribution < 1.29 is 9.84 Å². The fraction of sp³-hybridized carbons (Fsp3) is 0.188. The van der Waals surface area contributed by atoms with Crippen LogP contribution in [0.1, 0.15) is 11.1 Å². The lowest BCUT2D eigenvalue weighted by Gasteiger charge is -2.10. The van der Waals surface area contributed by atoms with Gasteiger partial charge in [0.2, 0.25) is 0 Å². The molecule has 2 aromatic rings. The average Bonchev–Trinajstić information content (AvgIpc) is 2.49. The summed E-state index contributed by atoms with van der Waals surface area (Å²) in [5.41, 5.74) is 8.77. The summed E-state index contributed by atoms with van der Waals surface area (Å²) in [6.07, 6.45) is 0. The number of hydrogen-bond acceptors (Lipinski definition) is 3. The number of methoxy groups -OCH3 is 1. The SMILES string of the molecule is COCc1ccccc1NC(N)=NCc1ccc(O)cc1.I. The first-order chi connectivity index (χ1) is 10.2. The number of aromatic hydroxyl groups is 1. The Balaban J connectivity index is 0.00000242. The van der Waals surface area contributed by atoms with Crippen molar-refractivity contribution in [3.8, 4) is 5.75 Å². The molecule has 2 aromatic carbocycles. The maximum Gasteiger partial charge on any atom is 0.193 e. The van der Waals surface area contributed by atoms with Gasteiger partial charge < -0.3 is 20.9 Å². The van der Waals surface area contributed by atoms with Crippen LogP contribution in [0.25, 0.3) is 0 Å². The number of nitrogens with two attached hydrogens (primary N) is 1. The third-order valence-corrected chi connectivity index (χ3v) is 2.95. The van der Waals surface area contributed by atoms with E-state index in [-0.39, 0.29) is 29.7 Å². The number of benzene rings is 2. The van der Waals surface area contributed by atoms with Crippen molar-refractivity contribution >= 4 is 35.6 Å². The van der Waals surface area contributed by atoms with E-state index >= 15 is 0 Å². The number of para-hydroxylation sites is 1. The molecule has 6 heteroatoms. The summed E-state index contributed by atoms with van der Waals surface area (Å²) in [6.45, 7) is 0.958. The molecule has 0 atom stereocenters. The van der Waals surface area contributed by atoms with Crippen LogP contribution in [-0.4, -0.2) is 18.2 Å². The Bertz CT molecular complexity index is 615. The van der Waals surface area contributed by atoms with Crippen molar-refractivity contribution in [1.29, 1.82) is 0 Å². The number of ether oxygens (including phenoxy) is 1. The minimum Gasteiger partial charge on any atom is -0.508 e. The molecular formula is C16H20IN3O2. The number of nitrogens with one attached hydrogen (secondary N) is 1. The number of phenolic OH excluding ortho intramolecular Hbond substituents is 1. The molecule has 0 saturated carbocycles. The number of halogens is 1. The van der Waals surface area contributed by atoms with E-state index < -0.39 is 0 Å². The molecule has 2 rings (SSSR count). The minimum absolute atomic E-state index is 0. The van der Waals surface area contributed by atoms with E-state index in [1.165, 1.54) is 0 Å². The van der Waals surface area contributed by atoms with Crippen LogP contribution in [0.2, 0.25) is 0 Å². The van der Waals surface area contributed by atoms with Crippen LogP contribution in [0.4, 0.5) is 5.69 Å². The van der Waals surface area contributed by atoms with Gasteiger partial charge >= 0.3 is 0 Å². The molecule has 0 aliphatic heterocycles. The molecule has 0 heterocycles. The summed E-state index contributed by atoms with van der Waals surface area (Å²) in [4.78, 5) is 4.28. The zero-order valence-corrected chi connectivity index (χ0v) is 14.7. The maximum absolute atomic E-state index is 9.23. The molecule has 0 spiro atoms. The van der Waals surface area contributed by atoms with Gasteiger partial charge in [-0.25, -0.2) is 4.99 Å². The summed E-state index contributed by atoms with van der Waals surface area (Å²) in [5.74, 6) is 0.578. The molecule has 0 fully saturated rings. The second-order valence-corrected chi connectivity index (χ2v) is 4.58. The fourth-order valence-corrected chi connectivity index (χ4v) is 1.88. The first-order valence-corrected chi connectivity index (χ1v) is 6.60. The number of rotatable bonds is 5. The molecule has 0 amide bonds. The van der Waals surface area contributed by atoms with Crippen LogP contribution in [0, 0.1) is 0 Å². The second-order valence-electron chi connectivity index (χ2n) is 4.58. The Morgan fingerprint density at radius 3 is 2.55 bits per heavy atom. The van der Waals surface area contributed by atoms with Gasteiger partial charge in [-0.2, -0.15) is 0 Å². The Morgan fingerprint density at radius 2 is 1.86 bits per heavy atom. The zero-order valence-electron chi connectivity index (χ0n) is 12.3. The molecule has 5 nitrogen and oxygen atoms in total. The molecule has 0 aromatic heterocycles. The molecule has 0 saturated heterocycles. The van der Waals surface area contributed by atoms with E-state index in [0.29, 0.717) is 19.1 Å². The molecule has 0 bridgehead atoms. The largest absolute Gasteiger partial charge is 0.508 e. The monoisotopic (exact) mass is 413 g/mol. The van der Waals surface area contributed by atoms with Crippen molar-refractivity contribution in [2.75, 3.05) is 12.4 Å². The first kappa shape index (κ1) is 18.2.